The molecule has 2 aliphatic heterocycles. The van der Waals surface area contributed by atoms with Crippen LogP contribution in [0.4, 0.5) is 24.5 Å². The first-order valence-electron chi connectivity index (χ1n) is 11.0. The van der Waals surface area contributed by atoms with Gasteiger partial charge in [0.2, 0.25) is 6.41 Å². The Balaban J connectivity index is 0.000000205. The first kappa shape index (κ1) is 24.4. The van der Waals surface area contributed by atoms with Crippen molar-refractivity contribution in [2.24, 2.45) is 0 Å². The van der Waals surface area contributed by atoms with Crippen LogP contribution < -0.4 is 15.0 Å². The number of nitrogens with zero attached hydrogens (tertiary/aromatic N) is 2. The van der Waals surface area contributed by atoms with Gasteiger partial charge in [0.1, 0.15) is 5.75 Å². The van der Waals surface area contributed by atoms with Gasteiger partial charge in [-0.15, -0.1) is 0 Å². The Hall–Kier alpha value is -3.23. The maximum absolute atomic E-state index is 12.6. The summed E-state index contributed by atoms with van der Waals surface area (Å²) in [6, 6.07) is 12.8. The molecule has 2 aromatic carbocycles. The zero-order valence-electron chi connectivity index (χ0n) is 18.5. The summed E-state index contributed by atoms with van der Waals surface area (Å²) < 4.78 is 42.6. The Kier molecular flexibility index (Phi) is 8.19. The minimum Gasteiger partial charge on any atom is -0.477 e. The van der Waals surface area contributed by atoms with Crippen LogP contribution >= 0.6 is 0 Å². The smallest absolute Gasteiger partial charge is 0.418 e. The predicted molar refractivity (Wildman–Crippen MR) is 120 cm³/mol. The molecule has 0 radical (unpaired) electrons. The first-order chi connectivity index (χ1) is 15.8. The number of benzene rings is 2. The van der Waals surface area contributed by atoms with Gasteiger partial charge in [-0.25, -0.2) is 0 Å². The number of hydrogen-bond donors (Lipinski definition) is 1. The highest BCUT2D eigenvalue weighted by Gasteiger charge is 2.34. The molecule has 4 rings (SSSR count). The molecule has 0 bridgehead atoms. The van der Waals surface area contributed by atoms with Gasteiger partial charge in [-0.3, -0.25) is 9.59 Å². The molecule has 0 aliphatic carbocycles. The first-order valence-corrected chi connectivity index (χ1v) is 11.0. The van der Waals surface area contributed by atoms with E-state index in [1.54, 1.807) is 0 Å². The number of rotatable bonds is 4. The summed E-state index contributed by atoms with van der Waals surface area (Å²) in [6.07, 6.45) is -1.11. The van der Waals surface area contributed by atoms with Crippen molar-refractivity contribution in [3.05, 3.63) is 54.1 Å². The summed E-state index contributed by atoms with van der Waals surface area (Å²) in [5, 5.41) is 1.98. The summed E-state index contributed by atoms with van der Waals surface area (Å²) in [5.41, 5.74) is 0.0183. The number of likely N-dealkylation sites (tertiary alicyclic amines) is 1. The number of nitrogens with one attached hydrogen (secondary N) is 1. The molecule has 178 valence electrons. The van der Waals surface area contributed by atoms with Crippen molar-refractivity contribution in [1.82, 2.24) is 4.90 Å². The Morgan fingerprint density at radius 1 is 1.09 bits per heavy atom. The molecule has 1 saturated heterocycles. The molecular formula is C24H28F3N3O3. The van der Waals surface area contributed by atoms with Crippen molar-refractivity contribution in [2.75, 3.05) is 36.4 Å². The lowest BCUT2D eigenvalue weighted by Crippen LogP contribution is -2.51. The molecule has 1 N–H and O–H groups in total. The predicted octanol–water partition coefficient (Wildman–Crippen LogP) is 4.56. The van der Waals surface area contributed by atoms with Gasteiger partial charge in [0, 0.05) is 19.6 Å². The standard InChI is InChI=1S/C16H22N2O2.C8H6F3NO/c1-2-17-12-15(16(19)18-10-6-3-7-11-18)20-14-9-5-4-8-13(14)17;9-8(10,11)6-3-1-2-4-7(6)12-5-13/h4-5,8-9,15H,2-3,6-7,10-12H2,1H3;1-5H,(H,12,13). The second-order valence-corrected chi connectivity index (χ2v) is 7.80. The molecule has 0 spiro atoms. The maximum atomic E-state index is 12.6. The van der Waals surface area contributed by atoms with Crippen LogP contribution in [-0.2, 0) is 15.8 Å². The Morgan fingerprint density at radius 2 is 1.76 bits per heavy atom. The van der Waals surface area contributed by atoms with Gasteiger partial charge in [-0.2, -0.15) is 13.2 Å². The van der Waals surface area contributed by atoms with E-state index >= 15 is 0 Å². The molecule has 0 saturated carbocycles. The minimum absolute atomic E-state index is 0.151. The highest BCUT2D eigenvalue weighted by molar-refractivity contribution is 5.83. The third kappa shape index (κ3) is 6.18. The normalized spacial score (nSPS) is 17.8. The van der Waals surface area contributed by atoms with Crippen LogP contribution in [0.15, 0.2) is 48.5 Å². The van der Waals surface area contributed by atoms with Gasteiger partial charge in [0.15, 0.2) is 6.10 Å². The van der Waals surface area contributed by atoms with Gasteiger partial charge in [0.05, 0.1) is 23.5 Å². The number of anilines is 2. The van der Waals surface area contributed by atoms with Crippen molar-refractivity contribution < 1.29 is 27.5 Å². The van der Waals surface area contributed by atoms with E-state index in [4.69, 9.17) is 4.74 Å². The molecule has 2 aliphatic rings. The molecular weight excluding hydrogens is 435 g/mol. The number of carbonyl (C=O) groups excluding carboxylic acids is 2. The maximum Gasteiger partial charge on any atom is 0.418 e. The van der Waals surface area contributed by atoms with Crippen molar-refractivity contribution in [1.29, 1.82) is 0 Å². The molecule has 2 amide bonds. The van der Waals surface area contributed by atoms with Crippen LogP contribution in [0.25, 0.3) is 0 Å². The number of amides is 2. The SMILES string of the molecule is CCN1CC(C(=O)N2CCCCC2)Oc2ccccc21.O=CNc1ccccc1C(F)(F)F. The van der Waals surface area contributed by atoms with E-state index < -0.39 is 11.7 Å². The van der Waals surface area contributed by atoms with E-state index in [9.17, 15) is 22.8 Å². The third-order valence-corrected chi connectivity index (χ3v) is 5.63. The summed E-state index contributed by atoms with van der Waals surface area (Å²) in [4.78, 5) is 26.8. The van der Waals surface area contributed by atoms with Crippen LogP contribution in [-0.4, -0.2) is 49.5 Å². The number of ether oxygens (including phenoxy) is 1. The van der Waals surface area contributed by atoms with Gasteiger partial charge in [-0.1, -0.05) is 24.3 Å². The molecule has 2 heterocycles. The lowest BCUT2D eigenvalue weighted by molar-refractivity contribution is -0.139. The average Bonchev–Trinajstić information content (AvgIpc) is 2.83. The summed E-state index contributed by atoms with van der Waals surface area (Å²) >= 11 is 0. The fourth-order valence-corrected chi connectivity index (χ4v) is 3.97. The average molecular weight is 464 g/mol. The van der Waals surface area contributed by atoms with Gasteiger partial charge in [0.25, 0.3) is 5.91 Å². The van der Waals surface area contributed by atoms with Crippen LogP contribution in [0.1, 0.15) is 31.7 Å². The quantitative estimate of drug-likeness (QED) is 0.676. The molecule has 1 unspecified atom stereocenters. The lowest BCUT2D eigenvalue weighted by atomic mass is 10.1. The van der Waals surface area contributed by atoms with E-state index in [1.165, 1.54) is 24.6 Å². The number of likely N-dealkylation sites (N-methyl/N-ethyl adjacent to an activating group) is 1. The zero-order chi connectivity index (χ0) is 23.8. The monoisotopic (exact) mass is 463 g/mol. The lowest BCUT2D eigenvalue weighted by Gasteiger charge is -2.37. The number of para-hydroxylation sites is 3. The Bertz CT molecular complexity index is 946. The van der Waals surface area contributed by atoms with Gasteiger partial charge < -0.3 is 19.9 Å². The molecule has 9 heteroatoms. The molecule has 33 heavy (non-hydrogen) atoms. The summed E-state index contributed by atoms with van der Waals surface area (Å²) in [6.45, 7) is 5.43. The number of fused-ring (bicyclic) bond motifs is 1. The van der Waals surface area contributed by atoms with Crippen molar-refractivity contribution in [2.45, 2.75) is 38.5 Å². The second kappa shape index (κ2) is 11.1. The highest BCUT2D eigenvalue weighted by atomic mass is 19.4. The van der Waals surface area contributed by atoms with E-state index in [1.807, 2.05) is 28.4 Å². The summed E-state index contributed by atoms with van der Waals surface area (Å²) in [5.74, 6) is 0.980. The molecule has 2 aromatic rings. The van der Waals surface area contributed by atoms with E-state index in [2.05, 4.69) is 17.9 Å². The third-order valence-electron chi connectivity index (χ3n) is 5.63. The Morgan fingerprint density at radius 3 is 2.42 bits per heavy atom. The number of halogens is 3. The zero-order valence-corrected chi connectivity index (χ0v) is 18.5. The summed E-state index contributed by atoms with van der Waals surface area (Å²) in [7, 11) is 0. The van der Waals surface area contributed by atoms with Crippen molar-refractivity contribution in [3.8, 4) is 5.75 Å². The van der Waals surface area contributed by atoms with Crippen LogP contribution in [0, 0.1) is 0 Å². The van der Waals surface area contributed by atoms with Crippen molar-refractivity contribution >= 4 is 23.7 Å². The van der Waals surface area contributed by atoms with E-state index in [-0.39, 0.29) is 24.1 Å². The Labute approximate surface area is 191 Å². The largest absolute Gasteiger partial charge is 0.477 e. The second-order valence-electron chi connectivity index (χ2n) is 7.80. The van der Waals surface area contributed by atoms with Crippen LogP contribution in [0.2, 0.25) is 0 Å². The number of piperidine rings is 1. The van der Waals surface area contributed by atoms with Crippen LogP contribution in [0.5, 0.6) is 5.75 Å². The van der Waals surface area contributed by atoms with E-state index in [0.29, 0.717) is 6.54 Å². The molecule has 1 atom stereocenters. The van der Waals surface area contributed by atoms with Crippen molar-refractivity contribution in [3.63, 3.8) is 0 Å². The number of carbonyl (C=O) groups is 2. The van der Waals surface area contributed by atoms with Crippen LogP contribution in [0.3, 0.4) is 0 Å². The topological polar surface area (TPSA) is 61.9 Å². The fourth-order valence-electron chi connectivity index (χ4n) is 3.97. The van der Waals surface area contributed by atoms with E-state index in [0.717, 1.165) is 50.0 Å². The molecule has 1 fully saturated rings. The number of hydrogen-bond acceptors (Lipinski definition) is 4. The van der Waals surface area contributed by atoms with Gasteiger partial charge >= 0.3 is 6.18 Å². The fraction of sp³-hybridized carbons (Fsp3) is 0.417. The number of alkyl halides is 3. The molecule has 0 aromatic heterocycles. The molecule has 6 nitrogen and oxygen atoms in total. The van der Waals surface area contributed by atoms with Gasteiger partial charge in [-0.05, 0) is 50.5 Å². The highest BCUT2D eigenvalue weighted by Crippen LogP contribution is 2.34. The minimum atomic E-state index is -4.44.